The minimum absolute atomic E-state index is 0.0193. The maximum Gasteiger partial charge on any atom is 0.228 e. The monoisotopic (exact) mass is 352 g/mol. The Morgan fingerprint density at radius 3 is 2.88 bits per heavy atom. The van der Waals surface area contributed by atoms with Crippen LogP contribution in [-0.4, -0.2) is 40.1 Å². The van der Waals surface area contributed by atoms with Gasteiger partial charge in [0.25, 0.3) is 0 Å². The zero-order chi connectivity index (χ0) is 18.3. The molecule has 1 fully saturated rings. The Morgan fingerprint density at radius 1 is 1.31 bits per heavy atom. The van der Waals surface area contributed by atoms with Crippen LogP contribution in [0.2, 0.25) is 0 Å². The van der Waals surface area contributed by atoms with Crippen molar-refractivity contribution in [2.75, 3.05) is 18.5 Å². The smallest absolute Gasteiger partial charge is 0.228 e. The quantitative estimate of drug-likeness (QED) is 0.845. The van der Waals surface area contributed by atoms with Gasteiger partial charge in [-0.15, -0.1) is 0 Å². The number of fused-ring (bicyclic) bond motifs is 1. The van der Waals surface area contributed by atoms with Crippen molar-refractivity contribution < 1.29 is 9.59 Å². The third-order valence-corrected chi connectivity index (χ3v) is 5.42. The first-order valence-corrected chi connectivity index (χ1v) is 9.16. The summed E-state index contributed by atoms with van der Waals surface area (Å²) in [6.07, 6.45) is 7.35. The molecule has 2 aromatic rings. The van der Waals surface area contributed by atoms with Crippen molar-refractivity contribution in [3.05, 3.63) is 47.3 Å². The van der Waals surface area contributed by atoms with Crippen molar-refractivity contribution in [2.24, 2.45) is 13.0 Å². The minimum atomic E-state index is -0.280. The van der Waals surface area contributed by atoms with Crippen LogP contribution in [0.15, 0.2) is 30.6 Å². The number of nitrogens with zero attached hydrogens (tertiary/aromatic N) is 4. The predicted octanol–water partition coefficient (Wildman–Crippen LogP) is 1.92. The number of rotatable bonds is 4. The standard InChI is InChI=1S/C20H24N4O2/c1-22(11-14-10-21-23(2)12-14)20(26)17-9-19(25)24(13-17)18-7-6-15-4-3-5-16(15)8-18/h6-8,10,12,17H,3-5,9,11,13H2,1-2H3/t17-/m0/s1. The Labute approximate surface area is 153 Å². The second-order valence-electron chi connectivity index (χ2n) is 7.43. The summed E-state index contributed by atoms with van der Waals surface area (Å²) in [7, 11) is 3.65. The van der Waals surface area contributed by atoms with Crippen LogP contribution in [-0.2, 0) is 36.0 Å². The van der Waals surface area contributed by atoms with Crippen LogP contribution in [0.3, 0.4) is 0 Å². The second-order valence-corrected chi connectivity index (χ2v) is 7.43. The second kappa shape index (κ2) is 6.59. The number of amides is 2. The molecule has 0 unspecified atom stereocenters. The number of hydrogen-bond donors (Lipinski definition) is 0. The van der Waals surface area contributed by atoms with Crippen molar-refractivity contribution in [3.63, 3.8) is 0 Å². The van der Waals surface area contributed by atoms with E-state index < -0.39 is 0 Å². The van der Waals surface area contributed by atoms with E-state index in [9.17, 15) is 9.59 Å². The van der Waals surface area contributed by atoms with E-state index in [0.29, 0.717) is 13.1 Å². The molecule has 2 aliphatic rings. The molecule has 4 rings (SSSR count). The molecule has 1 aliphatic carbocycles. The summed E-state index contributed by atoms with van der Waals surface area (Å²) in [6.45, 7) is 0.976. The van der Waals surface area contributed by atoms with Gasteiger partial charge in [0.15, 0.2) is 0 Å². The normalized spacial score (nSPS) is 19.1. The van der Waals surface area contributed by atoms with Gasteiger partial charge in [-0.3, -0.25) is 14.3 Å². The molecule has 1 aromatic heterocycles. The van der Waals surface area contributed by atoms with E-state index in [4.69, 9.17) is 0 Å². The molecule has 6 nitrogen and oxygen atoms in total. The fourth-order valence-corrected chi connectivity index (χ4v) is 4.07. The van der Waals surface area contributed by atoms with Crippen LogP contribution in [0.1, 0.15) is 29.5 Å². The SMILES string of the molecule is CN(Cc1cnn(C)c1)C(=O)[C@H]1CC(=O)N(c2ccc3c(c2)CCC3)C1. The van der Waals surface area contributed by atoms with Crippen molar-refractivity contribution >= 4 is 17.5 Å². The highest BCUT2D eigenvalue weighted by Crippen LogP contribution is 2.31. The van der Waals surface area contributed by atoms with Crippen LogP contribution >= 0.6 is 0 Å². The summed E-state index contributed by atoms with van der Waals surface area (Å²) < 4.78 is 1.72. The van der Waals surface area contributed by atoms with E-state index in [1.54, 1.807) is 27.7 Å². The van der Waals surface area contributed by atoms with Crippen molar-refractivity contribution in [1.29, 1.82) is 0 Å². The van der Waals surface area contributed by atoms with Gasteiger partial charge >= 0.3 is 0 Å². The molecule has 2 heterocycles. The van der Waals surface area contributed by atoms with Crippen molar-refractivity contribution in [3.8, 4) is 0 Å². The van der Waals surface area contributed by atoms with E-state index in [2.05, 4.69) is 17.2 Å². The van der Waals surface area contributed by atoms with E-state index >= 15 is 0 Å². The van der Waals surface area contributed by atoms with Gasteiger partial charge in [-0.1, -0.05) is 6.07 Å². The zero-order valence-electron chi connectivity index (χ0n) is 15.3. The molecule has 1 aliphatic heterocycles. The van der Waals surface area contributed by atoms with Gasteiger partial charge in [0.1, 0.15) is 0 Å². The fourth-order valence-electron chi connectivity index (χ4n) is 4.07. The van der Waals surface area contributed by atoms with Crippen LogP contribution in [0, 0.1) is 5.92 Å². The summed E-state index contributed by atoms with van der Waals surface area (Å²) in [6, 6.07) is 6.29. The number of aromatic nitrogens is 2. The summed E-state index contributed by atoms with van der Waals surface area (Å²) >= 11 is 0. The number of anilines is 1. The van der Waals surface area contributed by atoms with Gasteiger partial charge in [0.2, 0.25) is 11.8 Å². The first kappa shape index (κ1) is 16.8. The van der Waals surface area contributed by atoms with E-state index in [1.807, 2.05) is 19.3 Å². The van der Waals surface area contributed by atoms with Crippen molar-refractivity contribution in [2.45, 2.75) is 32.2 Å². The largest absolute Gasteiger partial charge is 0.341 e. The molecule has 136 valence electrons. The Kier molecular flexibility index (Phi) is 4.26. The first-order valence-electron chi connectivity index (χ1n) is 9.16. The molecule has 2 amide bonds. The Bertz CT molecular complexity index is 857. The molecular weight excluding hydrogens is 328 g/mol. The topological polar surface area (TPSA) is 58.4 Å². The molecule has 0 saturated carbocycles. The predicted molar refractivity (Wildman–Crippen MR) is 98.6 cm³/mol. The Balaban J connectivity index is 1.44. The molecule has 6 heteroatoms. The third-order valence-electron chi connectivity index (χ3n) is 5.42. The minimum Gasteiger partial charge on any atom is -0.341 e. The molecule has 0 bridgehead atoms. The average Bonchev–Trinajstić information content (AvgIpc) is 3.33. The lowest BCUT2D eigenvalue weighted by Crippen LogP contribution is -2.34. The number of hydrogen-bond acceptors (Lipinski definition) is 3. The van der Waals surface area contributed by atoms with Crippen LogP contribution in [0.25, 0.3) is 0 Å². The van der Waals surface area contributed by atoms with Crippen molar-refractivity contribution in [1.82, 2.24) is 14.7 Å². The third kappa shape index (κ3) is 3.11. The van der Waals surface area contributed by atoms with Gasteiger partial charge in [-0.05, 0) is 42.5 Å². The average molecular weight is 352 g/mol. The Hall–Kier alpha value is -2.63. The highest BCUT2D eigenvalue weighted by atomic mass is 16.2. The van der Waals surface area contributed by atoms with Gasteiger partial charge in [0.05, 0.1) is 12.1 Å². The van der Waals surface area contributed by atoms with E-state index in [1.165, 1.54) is 17.5 Å². The van der Waals surface area contributed by atoms with Gasteiger partial charge in [-0.2, -0.15) is 5.10 Å². The van der Waals surface area contributed by atoms with Crippen LogP contribution in [0.5, 0.6) is 0 Å². The van der Waals surface area contributed by atoms with Gasteiger partial charge in [0, 0.05) is 51.1 Å². The molecular formula is C20H24N4O2. The number of aryl methyl sites for hydroxylation is 3. The summed E-state index contributed by atoms with van der Waals surface area (Å²) in [5.74, 6) is -0.223. The molecule has 26 heavy (non-hydrogen) atoms. The molecule has 1 aromatic carbocycles. The molecule has 1 atom stereocenters. The molecule has 0 N–H and O–H groups in total. The lowest BCUT2D eigenvalue weighted by atomic mass is 10.1. The maximum atomic E-state index is 12.8. The first-order chi connectivity index (χ1) is 12.5. The fraction of sp³-hybridized carbons (Fsp3) is 0.450. The summed E-state index contributed by atoms with van der Waals surface area (Å²) in [5.41, 5.74) is 4.66. The lowest BCUT2D eigenvalue weighted by Gasteiger charge is -2.21. The highest BCUT2D eigenvalue weighted by Gasteiger charge is 2.36. The summed E-state index contributed by atoms with van der Waals surface area (Å²) in [4.78, 5) is 28.8. The molecule has 0 radical (unpaired) electrons. The number of carbonyl (C=O) groups is 2. The van der Waals surface area contributed by atoms with E-state index in [-0.39, 0.29) is 24.2 Å². The highest BCUT2D eigenvalue weighted by molar-refractivity contribution is 6.00. The molecule has 0 spiro atoms. The number of benzene rings is 1. The maximum absolute atomic E-state index is 12.8. The number of carbonyl (C=O) groups excluding carboxylic acids is 2. The van der Waals surface area contributed by atoms with Gasteiger partial charge < -0.3 is 9.80 Å². The Morgan fingerprint density at radius 2 is 2.12 bits per heavy atom. The van der Waals surface area contributed by atoms with E-state index in [0.717, 1.165) is 24.1 Å². The molecule has 1 saturated heterocycles. The van der Waals surface area contributed by atoms with Gasteiger partial charge in [-0.25, -0.2) is 0 Å². The van der Waals surface area contributed by atoms with Crippen LogP contribution < -0.4 is 4.90 Å². The lowest BCUT2D eigenvalue weighted by molar-refractivity contribution is -0.135. The zero-order valence-corrected chi connectivity index (χ0v) is 15.3. The van der Waals surface area contributed by atoms with Crippen LogP contribution in [0.4, 0.5) is 5.69 Å². The summed E-state index contributed by atoms with van der Waals surface area (Å²) in [5, 5.41) is 4.14.